The normalized spacial score (nSPS) is 11.5. The third-order valence-corrected chi connectivity index (χ3v) is 4.51. The highest BCUT2D eigenvalue weighted by atomic mass is 32.2. The molecular weight excluding hydrogens is 262 g/mol. The highest BCUT2D eigenvalue weighted by molar-refractivity contribution is 7.92. The fourth-order valence-electron chi connectivity index (χ4n) is 1.89. The van der Waals surface area contributed by atoms with Gasteiger partial charge in [-0.25, -0.2) is 8.42 Å². The first-order valence-electron chi connectivity index (χ1n) is 5.84. The third kappa shape index (κ3) is 2.93. The molecule has 1 aromatic heterocycles. The first-order valence-corrected chi connectivity index (χ1v) is 7.49. The number of ketones is 1. The van der Waals surface area contributed by atoms with Crippen LogP contribution in [0, 0.1) is 6.92 Å². The average molecular weight is 277 g/mol. The second kappa shape index (κ2) is 5.01. The molecule has 0 saturated heterocycles. The van der Waals surface area contributed by atoms with Crippen LogP contribution in [0.1, 0.15) is 16.1 Å². The van der Waals surface area contributed by atoms with Gasteiger partial charge in [0, 0.05) is 13.2 Å². The molecule has 0 spiro atoms. The lowest BCUT2D eigenvalue weighted by Crippen LogP contribution is -2.18. The summed E-state index contributed by atoms with van der Waals surface area (Å²) < 4.78 is 26.0. The van der Waals surface area contributed by atoms with Crippen LogP contribution in [0.3, 0.4) is 0 Å². The summed E-state index contributed by atoms with van der Waals surface area (Å²) in [6, 6.07) is 9.92. The molecule has 0 amide bonds. The molecule has 100 valence electrons. The summed E-state index contributed by atoms with van der Waals surface area (Å²) in [4.78, 5) is 12.2. The largest absolute Gasteiger partial charge is 0.348 e. The Hall–Kier alpha value is -1.88. The summed E-state index contributed by atoms with van der Waals surface area (Å²) in [5, 5.41) is 0. The second-order valence-corrected chi connectivity index (χ2v) is 6.49. The number of carbonyl (C=O) groups excluding carboxylic acids is 1. The molecule has 0 bridgehead atoms. The van der Waals surface area contributed by atoms with E-state index in [0.29, 0.717) is 5.69 Å². The Bertz CT molecular complexity index is 714. The Morgan fingerprint density at radius 1 is 1.21 bits per heavy atom. The Morgan fingerprint density at radius 2 is 1.95 bits per heavy atom. The van der Waals surface area contributed by atoms with Gasteiger partial charge in [-0.2, -0.15) is 0 Å². The van der Waals surface area contributed by atoms with Crippen LogP contribution in [0.25, 0.3) is 0 Å². The van der Waals surface area contributed by atoms with Crippen LogP contribution in [0.15, 0.2) is 47.5 Å². The summed E-state index contributed by atoms with van der Waals surface area (Å²) in [6.07, 6.45) is 1.71. The van der Waals surface area contributed by atoms with Gasteiger partial charge in [-0.3, -0.25) is 4.79 Å². The van der Waals surface area contributed by atoms with Crippen molar-refractivity contribution in [2.75, 3.05) is 5.75 Å². The van der Waals surface area contributed by atoms with E-state index in [9.17, 15) is 13.2 Å². The SMILES string of the molecule is Cc1cccc(S(=O)(=O)CC(=O)c2cccn2C)c1. The van der Waals surface area contributed by atoms with E-state index < -0.39 is 21.4 Å². The lowest BCUT2D eigenvalue weighted by molar-refractivity contribution is 0.101. The number of Topliss-reactive ketones (excluding diaryl/α,β-unsaturated/α-hetero) is 1. The van der Waals surface area contributed by atoms with E-state index in [1.165, 1.54) is 6.07 Å². The smallest absolute Gasteiger partial charge is 0.194 e. The summed E-state index contributed by atoms with van der Waals surface area (Å²) in [7, 11) is -1.87. The van der Waals surface area contributed by atoms with Crippen molar-refractivity contribution in [1.29, 1.82) is 0 Å². The molecule has 0 unspecified atom stereocenters. The number of carbonyl (C=O) groups is 1. The number of aromatic nitrogens is 1. The summed E-state index contributed by atoms with van der Waals surface area (Å²) in [5.41, 5.74) is 1.25. The van der Waals surface area contributed by atoms with Gasteiger partial charge in [-0.1, -0.05) is 12.1 Å². The zero-order chi connectivity index (χ0) is 14.0. The Labute approximate surface area is 112 Å². The van der Waals surface area contributed by atoms with Crippen LogP contribution in [0.4, 0.5) is 0 Å². The Balaban J connectivity index is 2.28. The highest BCUT2D eigenvalue weighted by Crippen LogP contribution is 2.14. The molecule has 2 rings (SSSR count). The predicted molar refractivity (Wildman–Crippen MR) is 73.0 cm³/mol. The molecule has 19 heavy (non-hydrogen) atoms. The van der Waals surface area contributed by atoms with Gasteiger partial charge in [0.25, 0.3) is 0 Å². The molecule has 2 aromatic rings. The zero-order valence-electron chi connectivity index (χ0n) is 10.8. The molecule has 4 nitrogen and oxygen atoms in total. The first kappa shape index (κ1) is 13.5. The van der Waals surface area contributed by atoms with Gasteiger partial charge >= 0.3 is 0 Å². The zero-order valence-corrected chi connectivity index (χ0v) is 11.6. The monoisotopic (exact) mass is 277 g/mol. The van der Waals surface area contributed by atoms with Crippen molar-refractivity contribution in [3.63, 3.8) is 0 Å². The van der Waals surface area contributed by atoms with Crippen molar-refractivity contribution in [2.24, 2.45) is 7.05 Å². The predicted octanol–water partition coefficient (Wildman–Crippen LogP) is 1.99. The van der Waals surface area contributed by atoms with E-state index in [1.807, 2.05) is 13.0 Å². The van der Waals surface area contributed by atoms with E-state index in [2.05, 4.69) is 0 Å². The van der Waals surface area contributed by atoms with Gasteiger partial charge < -0.3 is 4.57 Å². The molecule has 1 aromatic carbocycles. The first-order chi connectivity index (χ1) is 8.90. The molecule has 0 aliphatic heterocycles. The molecule has 1 heterocycles. The Kier molecular flexibility index (Phi) is 3.57. The second-order valence-electron chi connectivity index (χ2n) is 4.50. The number of hydrogen-bond donors (Lipinski definition) is 0. The highest BCUT2D eigenvalue weighted by Gasteiger charge is 2.21. The molecule has 0 radical (unpaired) electrons. The van der Waals surface area contributed by atoms with Gasteiger partial charge in [0.1, 0.15) is 5.75 Å². The van der Waals surface area contributed by atoms with Crippen LogP contribution in [0.5, 0.6) is 0 Å². The van der Waals surface area contributed by atoms with E-state index in [-0.39, 0.29) is 4.90 Å². The molecule has 0 atom stereocenters. The lowest BCUT2D eigenvalue weighted by Gasteiger charge is -2.05. The van der Waals surface area contributed by atoms with Gasteiger partial charge in [-0.15, -0.1) is 0 Å². The van der Waals surface area contributed by atoms with E-state index in [0.717, 1.165) is 5.56 Å². The van der Waals surface area contributed by atoms with Crippen LogP contribution in [-0.2, 0) is 16.9 Å². The van der Waals surface area contributed by atoms with Crippen molar-refractivity contribution in [3.05, 3.63) is 53.9 Å². The van der Waals surface area contributed by atoms with Crippen LogP contribution in [0.2, 0.25) is 0 Å². The Morgan fingerprint density at radius 3 is 2.53 bits per heavy atom. The number of rotatable bonds is 4. The molecule has 5 heteroatoms. The van der Waals surface area contributed by atoms with Gasteiger partial charge in [0.2, 0.25) is 0 Å². The lowest BCUT2D eigenvalue weighted by atomic mass is 10.2. The maximum absolute atomic E-state index is 12.2. The molecule has 0 fully saturated rings. The summed E-state index contributed by atoms with van der Waals surface area (Å²) in [5.74, 6) is -0.900. The van der Waals surface area contributed by atoms with Gasteiger partial charge in [0.05, 0.1) is 10.6 Å². The fraction of sp³-hybridized carbons (Fsp3) is 0.214. The van der Waals surface area contributed by atoms with Crippen LogP contribution in [-0.4, -0.2) is 24.5 Å². The third-order valence-electron chi connectivity index (χ3n) is 2.90. The molecule has 0 saturated carbocycles. The van der Waals surface area contributed by atoms with E-state index >= 15 is 0 Å². The number of nitrogens with zero attached hydrogens (tertiary/aromatic N) is 1. The summed E-state index contributed by atoms with van der Waals surface area (Å²) >= 11 is 0. The fourth-order valence-corrected chi connectivity index (χ4v) is 3.20. The average Bonchev–Trinajstić information content (AvgIpc) is 2.75. The summed E-state index contributed by atoms with van der Waals surface area (Å²) in [6.45, 7) is 1.82. The number of sulfone groups is 1. The van der Waals surface area contributed by atoms with E-state index in [1.54, 1.807) is 42.1 Å². The minimum absolute atomic E-state index is 0.190. The van der Waals surface area contributed by atoms with Gasteiger partial charge in [-0.05, 0) is 36.8 Å². The molecule has 0 N–H and O–H groups in total. The van der Waals surface area contributed by atoms with E-state index in [4.69, 9.17) is 0 Å². The van der Waals surface area contributed by atoms with Crippen LogP contribution >= 0.6 is 0 Å². The minimum Gasteiger partial charge on any atom is -0.348 e. The van der Waals surface area contributed by atoms with Gasteiger partial charge in [0.15, 0.2) is 15.6 Å². The quantitative estimate of drug-likeness (QED) is 0.803. The number of aryl methyl sites for hydroxylation is 2. The maximum Gasteiger partial charge on any atom is 0.194 e. The number of hydrogen-bond acceptors (Lipinski definition) is 3. The molecule has 0 aliphatic rings. The number of benzene rings is 1. The topological polar surface area (TPSA) is 56.1 Å². The van der Waals surface area contributed by atoms with Crippen molar-refractivity contribution < 1.29 is 13.2 Å². The molecule has 0 aliphatic carbocycles. The van der Waals surface area contributed by atoms with Crippen molar-refractivity contribution in [3.8, 4) is 0 Å². The molecular formula is C14H15NO3S. The van der Waals surface area contributed by atoms with Crippen molar-refractivity contribution in [1.82, 2.24) is 4.57 Å². The van der Waals surface area contributed by atoms with Crippen molar-refractivity contribution in [2.45, 2.75) is 11.8 Å². The van der Waals surface area contributed by atoms with Crippen LogP contribution < -0.4 is 0 Å². The van der Waals surface area contributed by atoms with Crippen molar-refractivity contribution >= 4 is 15.6 Å². The maximum atomic E-state index is 12.2. The minimum atomic E-state index is -3.59. The standard InChI is InChI=1S/C14H15NO3S/c1-11-5-3-6-12(9-11)19(17,18)10-14(16)13-7-4-8-15(13)2/h3-9H,10H2,1-2H3.